The molecule has 2 N–H and O–H groups in total. The molecule has 2 aromatic rings. The second-order valence-corrected chi connectivity index (χ2v) is 8.83. The summed E-state index contributed by atoms with van der Waals surface area (Å²) >= 11 is 3.38. The molecule has 27 heavy (non-hydrogen) atoms. The molecular weight excluding hydrogens is 432 g/mol. The van der Waals surface area contributed by atoms with Crippen LogP contribution in [0.1, 0.15) is 25.8 Å². The summed E-state index contributed by atoms with van der Waals surface area (Å²) in [4.78, 5) is 12.2. The van der Waals surface area contributed by atoms with E-state index in [1.165, 1.54) is 12.1 Å². The first-order valence-electron chi connectivity index (χ1n) is 8.52. The van der Waals surface area contributed by atoms with Gasteiger partial charge >= 0.3 is 0 Å². The van der Waals surface area contributed by atoms with Gasteiger partial charge in [0.25, 0.3) is 5.91 Å². The molecule has 0 aliphatic heterocycles. The van der Waals surface area contributed by atoms with E-state index >= 15 is 0 Å². The Bertz CT molecular complexity index is 898. The Morgan fingerprint density at radius 1 is 1.19 bits per heavy atom. The van der Waals surface area contributed by atoms with Crippen LogP contribution >= 0.6 is 15.9 Å². The largest absolute Gasteiger partial charge is 0.483 e. The molecule has 1 amide bonds. The lowest BCUT2D eigenvalue weighted by Gasteiger charge is -2.13. The molecule has 0 aliphatic carbocycles. The SMILES string of the molecule is CCC(C)NS(=O)(=O)c1ccc(NC(=O)COc2ccc(Br)cc2C)cc1. The van der Waals surface area contributed by atoms with Crippen LogP contribution in [0.5, 0.6) is 5.75 Å². The van der Waals surface area contributed by atoms with Crippen LogP contribution in [0.2, 0.25) is 0 Å². The maximum Gasteiger partial charge on any atom is 0.262 e. The van der Waals surface area contributed by atoms with E-state index in [9.17, 15) is 13.2 Å². The number of amides is 1. The first-order valence-corrected chi connectivity index (χ1v) is 10.8. The average Bonchev–Trinajstić information content (AvgIpc) is 2.61. The number of hydrogen-bond acceptors (Lipinski definition) is 4. The van der Waals surface area contributed by atoms with Gasteiger partial charge in [-0.2, -0.15) is 0 Å². The van der Waals surface area contributed by atoms with Gasteiger partial charge in [0.05, 0.1) is 4.90 Å². The normalized spacial score (nSPS) is 12.4. The van der Waals surface area contributed by atoms with E-state index in [0.29, 0.717) is 17.9 Å². The fourth-order valence-electron chi connectivity index (χ4n) is 2.25. The molecule has 0 spiro atoms. The van der Waals surface area contributed by atoms with Gasteiger partial charge in [-0.05, 0) is 68.3 Å². The Morgan fingerprint density at radius 2 is 1.85 bits per heavy atom. The van der Waals surface area contributed by atoms with Crippen LogP contribution in [0.3, 0.4) is 0 Å². The van der Waals surface area contributed by atoms with Gasteiger partial charge in [-0.1, -0.05) is 22.9 Å². The predicted molar refractivity (Wildman–Crippen MR) is 110 cm³/mol. The fraction of sp³-hybridized carbons (Fsp3) is 0.316. The van der Waals surface area contributed by atoms with Crippen molar-refractivity contribution in [3.8, 4) is 5.75 Å². The average molecular weight is 455 g/mol. The molecule has 2 rings (SSSR count). The predicted octanol–water partition coefficient (Wildman–Crippen LogP) is 3.85. The van der Waals surface area contributed by atoms with Crippen molar-refractivity contribution in [1.82, 2.24) is 4.72 Å². The van der Waals surface area contributed by atoms with E-state index in [0.717, 1.165) is 10.0 Å². The van der Waals surface area contributed by atoms with Gasteiger partial charge in [-0.25, -0.2) is 13.1 Å². The van der Waals surface area contributed by atoms with Crippen LogP contribution in [0.4, 0.5) is 5.69 Å². The minimum atomic E-state index is -3.56. The molecule has 0 radical (unpaired) electrons. The van der Waals surface area contributed by atoms with Crippen LogP contribution in [0, 0.1) is 6.92 Å². The number of carbonyl (C=O) groups excluding carboxylic acids is 1. The van der Waals surface area contributed by atoms with Gasteiger partial charge in [0.1, 0.15) is 5.75 Å². The third-order valence-corrected chi connectivity index (χ3v) is 6.01. The molecular formula is C19H23BrN2O4S. The topological polar surface area (TPSA) is 84.5 Å². The van der Waals surface area contributed by atoms with E-state index in [2.05, 4.69) is 26.0 Å². The summed E-state index contributed by atoms with van der Waals surface area (Å²) in [6.45, 7) is 5.46. The number of nitrogens with one attached hydrogen (secondary N) is 2. The summed E-state index contributed by atoms with van der Waals surface area (Å²) < 4.78 is 33.5. The highest BCUT2D eigenvalue weighted by molar-refractivity contribution is 9.10. The number of hydrogen-bond donors (Lipinski definition) is 2. The van der Waals surface area contributed by atoms with Crippen molar-refractivity contribution in [3.63, 3.8) is 0 Å². The van der Waals surface area contributed by atoms with Crippen LogP contribution in [0.15, 0.2) is 51.8 Å². The lowest BCUT2D eigenvalue weighted by molar-refractivity contribution is -0.118. The number of benzene rings is 2. The third kappa shape index (κ3) is 6.34. The van der Waals surface area contributed by atoms with E-state index in [1.54, 1.807) is 25.1 Å². The number of halogens is 1. The number of sulfonamides is 1. The number of anilines is 1. The lowest BCUT2D eigenvalue weighted by atomic mass is 10.2. The molecule has 0 aromatic heterocycles. The van der Waals surface area contributed by atoms with Gasteiger partial charge in [-0.3, -0.25) is 4.79 Å². The molecule has 0 bridgehead atoms. The first kappa shape index (κ1) is 21.4. The first-order chi connectivity index (χ1) is 12.7. The second-order valence-electron chi connectivity index (χ2n) is 6.20. The number of rotatable bonds is 8. The van der Waals surface area contributed by atoms with Gasteiger partial charge in [-0.15, -0.1) is 0 Å². The van der Waals surface area contributed by atoms with Crippen molar-refractivity contribution < 1.29 is 17.9 Å². The zero-order chi connectivity index (χ0) is 20.0. The van der Waals surface area contributed by atoms with E-state index in [1.807, 2.05) is 26.0 Å². The van der Waals surface area contributed by atoms with Crippen molar-refractivity contribution in [1.29, 1.82) is 0 Å². The highest BCUT2D eigenvalue weighted by Crippen LogP contribution is 2.22. The van der Waals surface area contributed by atoms with Crippen LogP contribution in [-0.2, 0) is 14.8 Å². The quantitative estimate of drug-likeness (QED) is 0.634. The summed E-state index contributed by atoms with van der Waals surface area (Å²) in [7, 11) is -3.56. The zero-order valence-corrected chi connectivity index (χ0v) is 17.9. The zero-order valence-electron chi connectivity index (χ0n) is 15.5. The monoisotopic (exact) mass is 454 g/mol. The molecule has 8 heteroatoms. The Hall–Kier alpha value is -1.90. The van der Waals surface area contributed by atoms with Crippen molar-refractivity contribution in [2.75, 3.05) is 11.9 Å². The molecule has 146 valence electrons. The third-order valence-electron chi connectivity index (χ3n) is 3.91. The molecule has 0 heterocycles. The number of aryl methyl sites for hydroxylation is 1. The molecule has 0 saturated carbocycles. The summed E-state index contributed by atoms with van der Waals surface area (Å²) in [5, 5.41) is 2.69. The Labute approximate surface area is 168 Å². The Morgan fingerprint density at radius 3 is 2.44 bits per heavy atom. The van der Waals surface area contributed by atoms with Crippen molar-refractivity contribution >= 4 is 37.5 Å². The number of carbonyl (C=O) groups is 1. The molecule has 6 nitrogen and oxygen atoms in total. The fourth-order valence-corrected chi connectivity index (χ4v) is 4.05. The molecule has 1 atom stereocenters. The lowest BCUT2D eigenvalue weighted by Crippen LogP contribution is -2.32. The maximum atomic E-state index is 12.2. The van der Waals surface area contributed by atoms with Crippen LogP contribution in [-0.4, -0.2) is 27.0 Å². The standard InChI is InChI=1S/C19H23BrN2O4S/c1-4-14(3)22-27(24,25)17-8-6-16(7-9-17)21-19(23)12-26-18-10-5-15(20)11-13(18)2/h5-11,14,22H,4,12H2,1-3H3,(H,21,23). The number of ether oxygens (including phenoxy) is 1. The summed E-state index contributed by atoms with van der Waals surface area (Å²) in [6, 6.07) is 11.4. The van der Waals surface area contributed by atoms with Gasteiger partial charge in [0.15, 0.2) is 6.61 Å². The van der Waals surface area contributed by atoms with E-state index in [-0.39, 0.29) is 23.5 Å². The van der Waals surface area contributed by atoms with Gasteiger partial charge in [0.2, 0.25) is 10.0 Å². The molecule has 2 aromatic carbocycles. The highest BCUT2D eigenvalue weighted by Gasteiger charge is 2.16. The minimum Gasteiger partial charge on any atom is -0.483 e. The molecule has 0 aliphatic rings. The summed E-state index contributed by atoms with van der Waals surface area (Å²) in [6.07, 6.45) is 0.700. The van der Waals surface area contributed by atoms with Crippen molar-refractivity contribution in [3.05, 3.63) is 52.5 Å². The van der Waals surface area contributed by atoms with E-state index < -0.39 is 10.0 Å². The highest BCUT2D eigenvalue weighted by atomic mass is 79.9. The molecule has 0 fully saturated rings. The second kappa shape index (κ2) is 9.34. The minimum absolute atomic E-state index is 0.141. The van der Waals surface area contributed by atoms with Crippen LogP contribution in [0.25, 0.3) is 0 Å². The van der Waals surface area contributed by atoms with Gasteiger partial charge < -0.3 is 10.1 Å². The van der Waals surface area contributed by atoms with Gasteiger partial charge in [0, 0.05) is 16.2 Å². The van der Waals surface area contributed by atoms with Crippen molar-refractivity contribution in [2.45, 2.75) is 38.1 Å². The maximum absolute atomic E-state index is 12.2. The smallest absolute Gasteiger partial charge is 0.262 e. The molecule has 0 saturated heterocycles. The molecule has 1 unspecified atom stereocenters. The van der Waals surface area contributed by atoms with E-state index in [4.69, 9.17) is 4.74 Å². The van der Waals surface area contributed by atoms with Crippen LogP contribution < -0.4 is 14.8 Å². The Kier molecular flexibility index (Phi) is 7.41. The Balaban J connectivity index is 1.94. The van der Waals surface area contributed by atoms with Crippen molar-refractivity contribution in [2.24, 2.45) is 0 Å². The summed E-state index contributed by atoms with van der Waals surface area (Å²) in [5.74, 6) is 0.302. The summed E-state index contributed by atoms with van der Waals surface area (Å²) in [5.41, 5.74) is 1.42.